The van der Waals surface area contributed by atoms with Gasteiger partial charge < -0.3 is 0 Å². The van der Waals surface area contributed by atoms with Gasteiger partial charge in [0.1, 0.15) is 17.7 Å². The highest BCUT2D eigenvalue weighted by molar-refractivity contribution is 5.47. The predicted molar refractivity (Wildman–Crippen MR) is 59.6 cm³/mol. The first kappa shape index (κ1) is 11.5. The first-order valence-corrected chi connectivity index (χ1v) is 5.23. The van der Waals surface area contributed by atoms with Gasteiger partial charge in [0.15, 0.2) is 0 Å². The van der Waals surface area contributed by atoms with Crippen molar-refractivity contribution in [2.45, 2.75) is 40.0 Å². The van der Waals surface area contributed by atoms with Gasteiger partial charge in [0.05, 0.1) is 0 Å². The van der Waals surface area contributed by atoms with E-state index in [1.807, 2.05) is 18.2 Å². The standard InChI is InChI=1S/C13H16N2/c1-13(2,3)12-6-4-5-10(7-12)11(8-14)9-15/h7H,4-6H2,1-3H3. The lowest BCUT2D eigenvalue weighted by Gasteiger charge is -2.26. The Morgan fingerprint density at radius 3 is 2.27 bits per heavy atom. The molecule has 0 radical (unpaired) electrons. The molecule has 2 heteroatoms. The maximum Gasteiger partial charge on any atom is 0.132 e. The van der Waals surface area contributed by atoms with Gasteiger partial charge in [-0.2, -0.15) is 10.5 Å². The van der Waals surface area contributed by atoms with E-state index >= 15 is 0 Å². The zero-order valence-corrected chi connectivity index (χ0v) is 9.59. The number of nitriles is 2. The summed E-state index contributed by atoms with van der Waals surface area (Å²) in [4.78, 5) is 0. The highest BCUT2D eigenvalue weighted by atomic mass is 14.3. The lowest BCUT2D eigenvalue weighted by molar-refractivity contribution is 0.470. The van der Waals surface area contributed by atoms with Crippen molar-refractivity contribution in [2.24, 2.45) is 5.41 Å². The molecule has 0 heterocycles. The van der Waals surface area contributed by atoms with Crippen molar-refractivity contribution < 1.29 is 0 Å². The Hall–Kier alpha value is -1.54. The van der Waals surface area contributed by atoms with Gasteiger partial charge in [-0.05, 0) is 30.3 Å². The van der Waals surface area contributed by atoms with E-state index in [4.69, 9.17) is 10.5 Å². The predicted octanol–water partition coefficient (Wildman–Crippen LogP) is 3.49. The second kappa shape index (κ2) is 4.32. The van der Waals surface area contributed by atoms with Gasteiger partial charge in [0, 0.05) is 0 Å². The average molecular weight is 200 g/mol. The van der Waals surface area contributed by atoms with Gasteiger partial charge in [-0.15, -0.1) is 0 Å². The van der Waals surface area contributed by atoms with E-state index in [-0.39, 0.29) is 11.0 Å². The molecule has 0 unspecified atom stereocenters. The molecule has 0 amide bonds. The van der Waals surface area contributed by atoms with Crippen molar-refractivity contribution in [3.05, 3.63) is 22.8 Å². The summed E-state index contributed by atoms with van der Waals surface area (Å²) >= 11 is 0. The second-order valence-corrected chi connectivity index (χ2v) is 4.90. The lowest BCUT2D eigenvalue weighted by atomic mass is 9.78. The van der Waals surface area contributed by atoms with Gasteiger partial charge in [0.2, 0.25) is 0 Å². The van der Waals surface area contributed by atoms with Crippen LogP contribution in [-0.4, -0.2) is 0 Å². The molecule has 0 saturated carbocycles. The highest BCUT2D eigenvalue weighted by Crippen LogP contribution is 2.35. The molecule has 0 N–H and O–H groups in total. The van der Waals surface area contributed by atoms with Crippen LogP contribution in [-0.2, 0) is 0 Å². The molecule has 1 aliphatic rings. The summed E-state index contributed by atoms with van der Waals surface area (Å²) < 4.78 is 0. The van der Waals surface area contributed by atoms with Crippen molar-refractivity contribution in [3.8, 4) is 12.1 Å². The molecular weight excluding hydrogens is 184 g/mol. The minimum absolute atomic E-state index is 0.141. The van der Waals surface area contributed by atoms with Crippen LogP contribution in [0.5, 0.6) is 0 Å². The third kappa shape index (κ3) is 2.70. The van der Waals surface area contributed by atoms with Crippen LogP contribution in [0.2, 0.25) is 0 Å². The summed E-state index contributed by atoms with van der Waals surface area (Å²) in [6.07, 6.45) is 5.03. The van der Waals surface area contributed by atoms with Gasteiger partial charge in [0.25, 0.3) is 0 Å². The summed E-state index contributed by atoms with van der Waals surface area (Å²) in [5, 5.41) is 17.6. The van der Waals surface area contributed by atoms with Crippen LogP contribution in [0.4, 0.5) is 0 Å². The Bertz CT molecular complexity index is 376. The maximum atomic E-state index is 8.81. The summed E-state index contributed by atoms with van der Waals surface area (Å²) in [7, 11) is 0. The molecule has 0 bridgehead atoms. The molecule has 1 rings (SSSR count). The molecule has 0 aromatic carbocycles. The van der Waals surface area contributed by atoms with E-state index in [2.05, 4.69) is 20.8 Å². The van der Waals surface area contributed by atoms with Crippen molar-refractivity contribution in [1.82, 2.24) is 0 Å². The molecule has 0 aromatic heterocycles. The fourth-order valence-corrected chi connectivity index (χ4v) is 1.78. The van der Waals surface area contributed by atoms with E-state index in [0.29, 0.717) is 0 Å². The number of nitrogens with zero attached hydrogens (tertiary/aromatic N) is 2. The molecule has 78 valence electrons. The van der Waals surface area contributed by atoms with E-state index < -0.39 is 0 Å². The Labute approximate surface area is 91.5 Å². The van der Waals surface area contributed by atoms with Crippen molar-refractivity contribution in [3.63, 3.8) is 0 Å². The zero-order valence-electron chi connectivity index (χ0n) is 9.59. The van der Waals surface area contributed by atoms with Crippen LogP contribution in [0, 0.1) is 28.1 Å². The Kier molecular flexibility index (Phi) is 3.32. The van der Waals surface area contributed by atoms with Gasteiger partial charge in [-0.3, -0.25) is 0 Å². The highest BCUT2D eigenvalue weighted by Gasteiger charge is 2.21. The van der Waals surface area contributed by atoms with Crippen LogP contribution in [0.3, 0.4) is 0 Å². The van der Waals surface area contributed by atoms with Gasteiger partial charge >= 0.3 is 0 Å². The second-order valence-electron chi connectivity index (χ2n) is 4.90. The van der Waals surface area contributed by atoms with Crippen LogP contribution in [0.1, 0.15) is 40.0 Å². The van der Waals surface area contributed by atoms with E-state index in [0.717, 1.165) is 24.8 Å². The first-order valence-electron chi connectivity index (χ1n) is 5.23. The third-order valence-corrected chi connectivity index (χ3v) is 2.75. The molecule has 0 aliphatic heterocycles. The van der Waals surface area contributed by atoms with E-state index in [1.165, 1.54) is 5.57 Å². The SMILES string of the molecule is CC(C)(C)C1=CC(=C(C#N)C#N)CCC1. The molecule has 15 heavy (non-hydrogen) atoms. The molecular formula is C13H16N2. The minimum Gasteiger partial charge on any atom is -0.192 e. The molecule has 2 nitrogen and oxygen atoms in total. The molecule has 0 spiro atoms. The monoisotopic (exact) mass is 200 g/mol. The number of hydrogen-bond acceptors (Lipinski definition) is 2. The molecule has 0 atom stereocenters. The molecule has 0 aromatic rings. The zero-order chi connectivity index (χ0) is 11.5. The third-order valence-electron chi connectivity index (χ3n) is 2.75. The first-order chi connectivity index (χ1) is 6.99. The molecule has 1 aliphatic carbocycles. The number of hydrogen-bond donors (Lipinski definition) is 0. The van der Waals surface area contributed by atoms with Crippen LogP contribution >= 0.6 is 0 Å². The number of rotatable bonds is 0. The smallest absolute Gasteiger partial charge is 0.132 e. The van der Waals surface area contributed by atoms with Crippen molar-refractivity contribution in [2.75, 3.05) is 0 Å². The van der Waals surface area contributed by atoms with Crippen LogP contribution < -0.4 is 0 Å². The lowest BCUT2D eigenvalue weighted by Crippen LogP contribution is -2.12. The normalized spacial score (nSPS) is 16.3. The average Bonchev–Trinajstić information content (AvgIpc) is 2.19. The van der Waals surface area contributed by atoms with Crippen LogP contribution in [0.15, 0.2) is 22.8 Å². The summed E-state index contributed by atoms with van der Waals surface area (Å²) in [5.41, 5.74) is 2.67. The molecule has 0 fully saturated rings. The van der Waals surface area contributed by atoms with Gasteiger partial charge in [-0.1, -0.05) is 32.4 Å². The molecule has 0 saturated heterocycles. The summed E-state index contributed by atoms with van der Waals surface area (Å²) in [6, 6.07) is 3.93. The maximum absolute atomic E-state index is 8.81. The fraction of sp³-hybridized carbons (Fsp3) is 0.538. The fourth-order valence-electron chi connectivity index (χ4n) is 1.78. The van der Waals surface area contributed by atoms with Gasteiger partial charge in [-0.25, -0.2) is 0 Å². The van der Waals surface area contributed by atoms with E-state index in [9.17, 15) is 0 Å². The summed E-state index contributed by atoms with van der Waals surface area (Å²) in [5.74, 6) is 0. The van der Waals surface area contributed by atoms with Crippen molar-refractivity contribution in [1.29, 1.82) is 10.5 Å². The van der Waals surface area contributed by atoms with Crippen LogP contribution in [0.25, 0.3) is 0 Å². The van der Waals surface area contributed by atoms with Crippen molar-refractivity contribution >= 4 is 0 Å². The largest absolute Gasteiger partial charge is 0.192 e. The Balaban J connectivity index is 3.14. The Morgan fingerprint density at radius 1 is 1.20 bits per heavy atom. The number of allylic oxidation sites excluding steroid dienone is 4. The Morgan fingerprint density at radius 2 is 1.80 bits per heavy atom. The topological polar surface area (TPSA) is 47.6 Å². The van der Waals surface area contributed by atoms with E-state index in [1.54, 1.807) is 0 Å². The minimum atomic E-state index is 0.141. The quantitative estimate of drug-likeness (QED) is 0.562. The summed E-state index contributed by atoms with van der Waals surface area (Å²) in [6.45, 7) is 6.50.